The molecule has 0 saturated carbocycles. The second-order valence-corrected chi connectivity index (χ2v) is 5.92. The van der Waals surface area contributed by atoms with Crippen molar-refractivity contribution >= 4 is 21.4 Å². The van der Waals surface area contributed by atoms with Gasteiger partial charge in [0, 0.05) is 17.8 Å². The number of unbranched alkanes of at least 4 members (excludes halogenated alkanes) is 2. The summed E-state index contributed by atoms with van der Waals surface area (Å²) in [5, 5.41) is 10.5. The van der Waals surface area contributed by atoms with Gasteiger partial charge in [-0.3, -0.25) is 14.8 Å². The first-order valence-corrected chi connectivity index (χ1v) is 7.55. The zero-order chi connectivity index (χ0) is 14.3. The number of anilines is 1. The molecule has 8 heteroatoms. The van der Waals surface area contributed by atoms with Crippen molar-refractivity contribution in [3.63, 3.8) is 0 Å². The van der Waals surface area contributed by atoms with Crippen LogP contribution in [0, 0.1) is 10.1 Å². The average Bonchev–Trinajstić information content (AvgIpc) is 2.35. The Morgan fingerprint density at radius 3 is 2.32 bits per heavy atom. The minimum Gasteiger partial charge on any atom is -0.330 e. The zero-order valence-corrected chi connectivity index (χ0v) is 11.2. The first-order valence-electron chi connectivity index (χ1n) is 5.89. The van der Waals surface area contributed by atoms with Crippen LogP contribution in [0.1, 0.15) is 19.3 Å². The van der Waals surface area contributed by atoms with Crippen LogP contribution in [-0.2, 0) is 10.0 Å². The summed E-state index contributed by atoms with van der Waals surface area (Å²) in [4.78, 5) is 9.92. The molecule has 0 aliphatic carbocycles. The predicted octanol–water partition coefficient (Wildman–Crippen LogP) is 1.47. The first kappa shape index (κ1) is 15.4. The second-order valence-electron chi connectivity index (χ2n) is 4.07. The predicted molar refractivity (Wildman–Crippen MR) is 73.4 cm³/mol. The molecular weight excluding hydrogens is 270 g/mol. The topological polar surface area (TPSA) is 115 Å². The lowest BCUT2D eigenvalue weighted by atomic mass is 10.2. The van der Waals surface area contributed by atoms with Crippen molar-refractivity contribution in [3.8, 4) is 0 Å². The van der Waals surface area contributed by atoms with Crippen molar-refractivity contribution in [1.82, 2.24) is 0 Å². The molecule has 0 bridgehead atoms. The summed E-state index contributed by atoms with van der Waals surface area (Å²) in [5.74, 6) is 0.0178. The minimum absolute atomic E-state index is 0.0178. The quantitative estimate of drug-likeness (QED) is 0.426. The van der Waals surface area contributed by atoms with Crippen LogP contribution in [0.15, 0.2) is 24.3 Å². The van der Waals surface area contributed by atoms with Crippen LogP contribution < -0.4 is 10.5 Å². The number of sulfonamides is 1. The smallest absolute Gasteiger partial charge is 0.269 e. The highest BCUT2D eigenvalue weighted by molar-refractivity contribution is 7.92. The maximum Gasteiger partial charge on any atom is 0.269 e. The number of hydrogen-bond donors (Lipinski definition) is 2. The molecule has 0 spiro atoms. The Morgan fingerprint density at radius 1 is 1.16 bits per heavy atom. The van der Waals surface area contributed by atoms with E-state index in [0.717, 1.165) is 12.8 Å². The molecule has 0 aliphatic rings. The van der Waals surface area contributed by atoms with Gasteiger partial charge in [-0.1, -0.05) is 6.42 Å². The van der Waals surface area contributed by atoms with Crippen molar-refractivity contribution < 1.29 is 13.3 Å². The number of benzene rings is 1. The molecule has 106 valence electrons. The molecule has 1 aromatic carbocycles. The molecule has 7 nitrogen and oxygen atoms in total. The van der Waals surface area contributed by atoms with E-state index in [2.05, 4.69) is 4.72 Å². The van der Waals surface area contributed by atoms with Gasteiger partial charge in [-0.15, -0.1) is 0 Å². The third-order valence-electron chi connectivity index (χ3n) is 2.47. The molecule has 0 amide bonds. The van der Waals surface area contributed by atoms with Gasteiger partial charge in [0.1, 0.15) is 0 Å². The van der Waals surface area contributed by atoms with Crippen molar-refractivity contribution in [2.75, 3.05) is 17.0 Å². The number of nitrogens with zero attached hydrogens (tertiary/aromatic N) is 1. The summed E-state index contributed by atoms with van der Waals surface area (Å²) in [6.07, 6.45) is 2.10. The van der Waals surface area contributed by atoms with Crippen LogP contribution in [0.25, 0.3) is 0 Å². The van der Waals surface area contributed by atoms with Gasteiger partial charge < -0.3 is 5.73 Å². The molecule has 1 rings (SSSR count). The molecule has 0 aliphatic heterocycles. The van der Waals surface area contributed by atoms with Gasteiger partial charge in [0.2, 0.25) is 10.0 Å². The van der Waals surface area contributed by atoms with Crippen LogP contribution in [-0.4, -0.2) is 25.6 Å². The molecular formula is C11H17N3O4S. The fourth-order valence-corrected chi connectivity index (χ4v) is 2.68. The van der Waals surface area contributed by atoms with E-state index in [0.29, 0.717) is 18.7 Å². The summed E-state index contributed by atoms with van der Waals surface area (Å²) in [6.45, 7) is 0.551. The summed E-state index contributed by atoms with van der Waals surface area (Å²) in [6, 6.07) is 5.25. The van der Waals surface area contributed by atoms with E-state index in [9.17, 15) is 18.5 Å². The summed E-state index contributed by atoms with van der Waals surface area (Å²) >= 11 is 0. The number of rotatable bonds is 8. The van der Waals surface area contributed by atoms with E-state index in [-0.39, 0.29) is 11.4 Å². The number of nitrogens with one attached hydrogen (secondary N) is 1. The largest absolute Gasteiger partial charge is 0.330 e. The Morgan fingerprint density at radius 2 is 1.79 bits per heavy atom. The maximum atomic E-state index is 11.7. The van der Waals surface area contributed by atoms with Crippen LogP contribution in [0.3, 0.4) is 0 Å². The Labute approximate surface area is 112 Å². The highest BCUT2D eigenvalue weighted by atomic mass is 32.2. The highest BCUT2D eigenvalue weighted by Gasteiger charge is 2.11. The molecule has 0 atom stereocenters. The Balaban J connectivity index is 2.55. The van der Waals surface area contributed by atoms with Crippen LogP contribution in [0.4, 0.5) is 11.4 Å². The molecule has 0 saturated heterocycles. The van der Waals surface area contributed by atoms with Gasteiger partial charge >= 0.3 is 0 Å². The number of nitro benzene ring substituents is 1. The van der Waals surface area contributed by atoms with E-state index in [1.807, 2.05) is 0 Å². The minimum atomic E-state index is -3.41. The molecule has 0 radical (unpaired) electrons. The van der Waals surface area contributed by atoms with Crippen molar-refractivity contribution in [2.45, 2.75) is 19.3 Å². The lowest BCUT2D eigenvalue weighted by molar-refractivity contribution is -0.384. The lowest BCUT2D eigenvalue weighted by Crippen LogP contribution is -2.16. The third kappa shape index (κ3) is 5.66. The first-order chi connectivity index (χ1) is 8.94. The number of non-ortho nitro benzene ring substituents is 1. The molecule has 3 N–H and O–H groups in total. The highest BCUT2D eigenvalue weighted by Crippen LogP contribution is 2.16. The van der Waals surface area contributed by atoms with Gasteiger partial charge in [0.05, 0.1) is 10.7 Å². The standard InChI is InChI=1S/C11H17N3O4S/c12-8-2-1-3-9-19(17,18)13-10-4-6-11(7-5-10)14(15)16/h4-7,13H,1-3,8-9,12H2. The Hall–Kier alpha value is -1.67. The summed E-state index contributed by atoms with van der Waals surface area (Å²) in [7, 11) is -3.41. The fourth-order valence-electron chi connectivity index (χ4n) is 1.49. The van der Waals surface area contributed by atoms with Crippen LogP contribution in [0.2, 0.25) is 0 Å². The van der Waals surface area contributed by atoms with Gasteiger partial charge in [-0.25, -0.2) is 8.42 Å². The zero-order valence-electron chi connectivity index (χ0n) is 10.4. The Kier molecular flexibility index (Phi) is 5.71. The number of nitrogens with two attached hydrogens (primary N) is 1. The lowest BCUT2D eigenvalue weighted by Gasteiger charge is -2.07. The molecule has 0 fully saturated rings. The fraction of sp³-hybridized carbons (Fsp3) is 0.455. The van der Waals surface area contributed by atoms with E-state index >= 15 is 0 Å². The van der Waals surface area contributed by atoms with Crippen LogP contribution >= 0.6 is 0 Å². The van der Waals surface area contributed by atoms with E-state index in [1.165, 1.54) is 24.3 Å². The van der Waals surface area contributed by atoms with Crippen LogP contribution in [0.5, 0.6) is 0 Å². The summed E-state index contributed by atoms with van der Waals surface area (Å²) < 4.78 is 25.8. The SMILES string of the molecule is NCCCCCS(=O)(=O)Nc1ccc([N+](=O)[O-])cc1. The molecule has 0 unspecified atom stereocenters. The normalized spacial score (nSPS) is 11.2. The van der Waals surface area contributed by atoms with E-state index < -0.39 is 14.9 Å². The van der Waals surface area contributed by atoms with Crippen molar-refractivity contribution in [3.05, 3.63) is 34.4 Å². The van der Waals surface area contributed by atoms with Gasteiger partial charge in [-0.05, 0) is 31.5 Å². The second kappa shape index (κ2) is 7.05. The van der Waals surface area contributed by atoms with Gasteiger partial charge in [0.25, 0.3) is 5.69 Å². The van der Waals surface area contributed by atoms with Gasteiger partial charge in [0.15, 0.2) is 0 Å². The number of hydrogen-bond acceptors (Lipinski definition) is 5. The molecule has 0 aromatic heterocycles. The maximum absolute atomic E-state index is 11.7. The van der Waals surface area contributed by atoms with E-state index in [1.54, 1.807) is 0 Å². The average molecular weight is 287 g/mol. The Bertz CT molecular complexity index is 513. The third-order valence-corrected chi connectivity index (χ3v) is 3.84. The van der Waals surface area contributed by atoms with Crippen molar-refractivity contribution in [2.24, 2.45) is 5.73 Å². The van der Waals surface area contributed by atoms with Gasteiger partial charge in [-0.2, -0.15) is 0 Å². The van der Waals surface area contributed by atoms with Crippen molar-refractivity contribution in [1.29, 1.82) is 0 Å². The molecule has 0 heterocycles. The number of nitro groups is 1. The van der Waals surface area contributed by atoms with E-state index in [4.69, 9.17) is 5.73 Å². The molecule has 19 heavy (non-hydrogen) atoms. The molecule has 1 aromatic rings. The summed E-state index contributed by atoms with van der Waals surface area (Å²) in [5.41, 5.74) is 5.57. The monoisotopic (exact) mass is 287 g/mol.